The van der Waals surface area contributed by atoms with Crippen LogP contribution in [0.5, 0.6) is 0 Å². The number of aryl methyl sites for hydroxylation is 4. The van der Waals surface area contributed by atoms with Gasteiger partial charge in [0.25, 0.3) is 0 Å². The maximum absolute atomic E-state index is 2.42. The summed E-state index contributed by atoms with van der Waals surface area (Å²) in [6.45, 7) is 13.6. The molecule has 0 unspecified atom stereocenters. The van der Waals surface area contributed by atoms with Crippen molar-refractivity contribution in [2.45, 2.75) is 41.5 Å². The van der Waals surface area contributed by atoms with Gasteiger partial charge in [-0.3, -0.25) is 0 Å². The van der Waals surface area contributed by atoms with Crippen LogP contribution in [0.1, 0.15) is 33.4 Å². The highest BCUT2D eigenvalue weighted by Gasteiger charge is 2.21. The normalized spacial score (nSPS) is 10.8. The lowest BCUT2D eigenvalue weighted by atomic mass is 9.87. The van der Waals surface area contributed by atoms with Gasteiger partial charge >= 0.3 is 20.4 Å². The molecule has 152 valence electrons. The van der Waals surface area contributed by atoms with E-state index in [0.29, 0.717) is 0 Å². The summed E-state index contributed by atoms with van der Waals surface area (Å²) in [7, 11) is 0. The van der Waals surface area contributed by atoms with Gasteiger partial charge < -0.3 is 0 Å². The Morgan fingerprint density at radius 2 is 1.06 bits per heavy atom. The minimum absolute atomic E-state index is 0.662. The lowest BCUT2D eigenvalue weighted by molar-refractivity contribution is 1.35. The standard InChI is InChI=1S/C22H21.C8H9.Mg/c1-15-9-5-7-11-19(15)21-13-17(3)18(4)14-22(21)20-12-8-6-10-16(20)2;1-7-5-3-4-6-8(7)2;/h5-13H,1-4H3;3-5H,1-2H3;. The molecule has 0 fully saturated rings. The Kier molecular flexibility index (Phi) is 6.36. The smallest absolute Gasteiger partial charge is 0.162 e. The van der Waals surface area contributed by atoms with Gasteiger partial charge in [-0.25, -0.2) is 0 Å². The monoisotopic (exact) mass is 414 g/mol. The Bertz CT molecular complexity index is 1260. The van der Waals surface area contributed by atoms with Gasteiger partial charge in [-0.2, -0.15) is 7.39 Å². The molecule has 0 aromatic heterocycles. The molecule has 0 bridgehead atoms. The van der Waals surface area contributed by atoms with Crippen molar-refractivity contribution in [2.24, 2.45) is 0 Å². The first-order valence-electron chi connectivity index (χ1n) is 11.2. The molecule has 31 heavy (non-hydrogen) atoms. The summed E-state index contributed by atoms with van der Waals surface area (Å²) in [5.74, 6) is 0. The molecule has 0 amide bonds. The van der Waals surface area contributed by atoms with Crippen molar-refractivity contribution in [3.63, 3.8) is 0 Å². The molecule has 0 heterocycles. The van der Waals surface area contributed by atoms with Crippen LogP contribution in [0.25, 0.3) is 22.3 Å². The molecule has 1 heteroatoms. The van der Waals surface area contributed by atoms with E-state index in [1.165, 1.54) is 55.6 Å². The summed E-state index contributed by atoms with van der Waals surface area (Å²) in [6, 6.07) is 26.9. The van der Waals surface area contributed by atoms with Crippen LogP contribution in [-0.2, 0) is 0 Å². The summed E-state index contributed by atoms with van der Waals surface area (Å²) in [4.78, 5) is 0. The van der Waals surface area contributed by atoms with Gasteiger partial charge in [0, 0.05) is 0 Å². The Morgan fingerprint density at radius 1 is 0.484 bits per heavy atom. The van der Waals surface area contributed by atoms with Crippen LogP contribution in [0.2, 0.25) is 0 Å². The average Bonchev–Trinajstić information content (AvgIpc) is 2.75. The van der Waals surface area contributed by atoms with Gasteiger partial charge in [0.15, 0.2) is 0 Å². The van der Waals surface area contributed by atoms with Crippen LogP contribution < -0.4 is 7.39 Å². The minimum atomic E-state index is -0.662. The SMILES string of the molecule is Cc1ccccc1-c1cc(C)c(C)[c]([Mg][c]2cccc(C)c2C)c1-c1ccccc1C. The van der Waals surface area contributed by atoms with E-state index in [1.54, 1.807) is 7.39 Å². The molecule has 4 aromatic rings. The van der Waals surface area contributed by atoms with E-state index in [9.17, 15) is 0 Å². The summed E-state index contributed by atoms with van der Waals surface area (Å²) >= 11 is -0.662. The summed E-state index contributed by atoms with van der Waals surface area (Å²) < 4.78 is 3.14. The quantitative estimate of drug-likeness (QED) is 0.333. The van der Waals surface area contributed by atoms with E-state index in [0.717, 1.165) is 0 Å². The van der Waals surface area contributed by atoms with Crippen molar-refractivity contribution in [3.05, 3.63) is 106 Å². The molecule has 0 nitrogen and oxygen atoms in total. The fourth-order valence-corrected chi connectivity index (χ4v) is 6.93. The van der Waals surface area contributed by atoms with Crippen molar-refractivity contribution in [2.75, 3.05) is 0 Å². The topological polar surface area (TPSA) is 0 Å². The Hall–Kier alpha value is -2.35. The summed E-state index contributed by atoms with van der Waals surface area (Å²) in [6.07, 6.45) is 0. The molecule has 0 saturated carbocycles. The Balaban J connectivity index is 2.07. The molecule has 0 aliphatic rings. The van der Waals surface area contributed by atoms with E-state index < -0.39 is 20.4 Å². The van der Waals surface area contributed by atoms with E-state index in [1.807, 2.05) is 0 Å². The van der Waals surface area contributed by atoms with Crippen molar-refractivity contribution in [3.8, 4) is 22.3 Å². The lowest BCUT2D eigenvalue weighted by Crippen LogP contribution is -2.33. The molecule has 0 atom stereocenters. The molecule has 4 rings (SSSR count). The van der Waals surface area contributed by atoms with Crippen LogP contribution in [-0.4, -0.2) is 20.4 Å². The molecular weight excluding hydrogens is 385 g/mol. The van der Waals surface area contributed by atoms with Gasteiger partial charge in [0.1, 0.15) is 0 Å². The zero-order chi connectivity index (χ0) is 22.1. The van der Waals surface area contributed by atoms with Crippen molar-refractivity contribution < 1.29 is 0 Å². The first-order valence-corrected chi connectivity index (χ1v) is 12.6. The van der Waals surface area contributed by atoms with E-state index in [4.69, 9.17) is 0 Å². The third-order valence-electron chi connectivity index (χ3n) is 6.91. The van der Waals surface area contributed by atoms with Gasteiger partial charge in [0.05, 0.1) is 0 Å². The largest absolute Gasteiger partial charge is 0.452 e. The second-order valence-electron chi connectivity index (χ2n) is 8.89. The van der Waals surface area contributed by atoms with Crippen LogP contribution in [0.15, 0.2) is 72.8 Å². The van der Waals surface area contributed by atoms with E-state index in [2.05, 4.69) is 114 Å². The predicted molar refractivity (Wildman–Crippen MR) is 137 cm³/mol. The van der Waals surface area contributed by atoms with Gasteiger partial charge in [0.2, 0.25) is 0 Å². The van der Waals surface area contributed by atoms with Gasteiger partial charge in [-0.05, 0) is 80.5 Å². The van der Waals surface area contributed by atoms with Crippen molar-refractivity contribution in [1.82, 2.24) is 0 Å². The third-order valence-corrected chi connectivity index (χ3v) is 9.29. The summed E-state index contributed by atoms with van der Waals surface area (Å²) in [5, 5.41) is 0. The molecule has 0 radical (unpaired) electrons. The van der Waals surface area contributed by atoms with Crippen LogP contribution in [0.4, 0.5) is 0 Å². The number of rotatable bonds is 4. The number of hydrogen-bond acceptors (Lipinski definition) is 0. The highest BCUT2D eigenvalue weighted by molar-refractivity contribution is 6.70. The Labute approximate surface area is 197 Å². The van der Waals surface area contributed by atoms with Crippen LogP contribution in [0.3, 0.4) is 0 Å². The second kappa shape index (κ2) is 9.02. The molecule has 0 saturated heterocycles. The molecule has 0 N–H and O–H groups in total. The predicted octanol–water partition coefficient (Wildman–Crippen LogP) is 6.53. The highest BCUT2D eigenvalue weighted by Crippen LogP contribution is 2.36. The highest BCUT2D eigenvalue weighted by atomic mass is 24.5. The molecule has 0 aliphatic heterocycles. The van der Waals surface area contributed by atoms with Gasteiger partial charge in [-0.15, -0.1) is 0 Å². The first-order chi connectivity index (χ1) is 14.9. The van der Waals surface area contributed by atoms with E-state index >= 15 is 0 Å². The minimum Gasteiger partial charge on any atom is -0.162 e. The van der Waals surface area contributed by atoms with Crippen LogP contribution >= 0.6 is 0 Å². The number of hydrogen-bond donors (Lipinski definition) is 0. The Morgan fingerprint density at radius 3 is 1.71 bits per heavy atom. The van der Waals surface area contributed by atoms with E-state index in [-0.39, 0.29) is 0 Å². The zero-order valence-corrected chi connectivity index (χ0v) is 21.0. The maximum Gasteiger partial charge on any atom is 0.452 e. The second-order valence-corrected chi connectivity index (χ2v) is 10.7. The fourth-order valence-electron chi connectivity index (χ4n) is 4.65. The zero-order valence-electron chi connectivity index (χ0n) is 19.6. The summed E-state index contributed by atoms with van der Waals surface area (Å²) in [5.41, 5.74) is 13.9. The maximum atomic E-state index is 2.42. The molecule has 4 aromatic carbocycles. The lowest BCUT2D eigenvalue weighted by Gasteiger charge is -2.24. The molecule has 0 aliphatic carbocycles. The van der Waals surface area contributed by atoms with Gasteiger partial charge in [-0.1, -0.05) is 89.5 Å². The molecular formula is C30H30Mg. The first kappa shape index (κ1) is 21.9. The third kappa shape index (κ3) is 4.22. The average molecular weight is 415 g/mol. The van der Waals surface area contributed by atoms with Crippen LogP contribution in [0, 0.1) is 41.5 Å². The number of benzene rings is 4. The van der Waals surface area contributed by atoms with Crippen molar-refractivity contribution >= 4 is 27.8 Å². The fraction of sp³-hybridized carbons (Fsp3) is 0.200. The van der Waals surface area contributed by atoms with Crippen molar-refractivity contribution in [1.29, 1.82) is 0 Å². The molecule has 0 spiro atoms.